The van der Waals surface area contributed by atoms with Crippen molar-refractivity contribution in [3.05, 3.63) is 47.8 Å². The highest BCUT2D eigenvalue weighted by Gasteiger charge is 2.32. The summed E-state index contributed by atoms with van der Waals surface area (Å²) in [7, 11) is -1.92. The molecule has 1 aliphatic carbocycles. The first-order valence-electron chi connectivity index (χ1n) is 12.6. The van der Waals surface area contributed by atoms with Crippen LogP contribution in [0.3, 0.4) is 0 Å². The maximum absolute atomic E-state index is 13.1. The van der Waals surface area contributed by atoms with Gasteiger partial charge in [-0.1, -0.05) is 6.58 Å². The Kier molecular flexibility index (Phi) is 8.48. The molecule has 0 unspecified atom stereocenters. The van der Waals surface area contributed by atoms with Gasteiger partial charge in [-0.05, 0) is 44.6 Å². The van der Waals surface area contributed by atoms with Crippen LogP contribution in [-0.2, 0) is 14.8 Å². The standard InChI is InChI=1S/C26H33N7O4S/c1-3-38(35,36)31-23-6-4-18(5-7-23)26(34)32-10-8-22(9-11-32)29-15-20(13-27)19-12-24(37-2)25-21(14-28)16-30-33(25)17-19/h3,12-13,15-18,22-23,31H,1,4-11,27H2,2H3. The van der Waals surface area contributed by atoms with Crippen molar-refractivity contribution in [3.63, 3.8) is 0 Å². The Morgan fingerprint density at radius 3 is 2.61 bits per heavy atom. The molecule has 2 aromatic heterocycles. The minimum absolute atomic E-state index is 0.0681. The van der Waals surface area contributed by atoms with Crippen LogP contribution in [0.25, 0.3) is 11.1 Å². The van der Waals surface area contributed by atoms with Gasteiger partial charge in [-0.25, -0.2) is 17.7 Å². The zero-order chi connectivity index (χ0) is 27.3. The van der Waals surface area contributed by atoms with Crippen molar-refractivity contribution in [2.75, 3.05) is 20.2 Å². The number of carbonyl (C=O) groups excluding carboxylic acids is 1. The number of nitrogens with zero attached hydrogens (tertiary/aromatic N) is 5. The van der Waals surface area contributed by atoms with Gasteiger partial charge >= 0.3 is 0 Å². The number of nitrogens with one attached hydrogen (secondary N) is 1. The van der Waals surface area contributed by atoms with Gasteiger partial charge < -0.3 is 15.4 Å². The van der Waals surface area contributed by atoms with Crippen LogP contribution in [0.15, 0.2) is 41.6 Å². The van der Waals surface area contributed by atoms with Crippen LogP contribution in [0, 0.1) is 17.2 Å². The van der Waals surface area contributed by atoms with Crippen molar-refractivity contribution in [2.24, 2.45) is 16.6 Å². The summed E-state index contributed by atoms with van der Waals surface area (Å²) in [5, 5.41) is 14.5. The number of aromatic nitrogens is 2. The van der Waals surface area contributed by atoms with E-state index in [1.165, 1.54) is 19.5 Å². The number of methoxy groups -OCH3 is 1. The molecule has 2 fully saturated rings. The first-order chi connectivity index (χ1) is 18.3. The number of amides is 1. The number of sulfonamides is 1. The van der Waals surface area contributed by atoms with Gasteiger partial charge in [-0.3, -0.25) is 9.79 Å². The topological polar surface area (TPSA) is 155 Å². The molecule has 202 valence electrons. The van der Waals surface area contributed by atoms with E-state index in [-0.39, 0.29) is 23.9 Å². The van der Waals surface area contributed by atoms with Gasteiger partial charge in [0.25, 0.3) is 0 Å². The fourth-order valence-corrected chi connectivity index (χ4v) is 5.91. The van der Waals surface area contributed by atoms with E-state index in [1.807, 2.05) is 4.90 Å². The smallest absolute Gasteiger partial charge is 0.233 e. The minimum Gasteiger partial charge on any atom is -0.494 e. The highest BCUT2D eigenvalue weighted by atomic mass is 32.2. The molecular weight excluding hydrogens is 506 g/mol. The number of rotatable bonds is 8. The van der Waals surface area contributed by atoms with Gasteiger partial charge in [0.1, 0.15) is 22.9 Å². The summed E-state index contributed by atoms with van der Waals surface area (Å²) in [4.78, 5) is 19.7. The van der Waals surface area contributed by atoms with Crippen molar-refractivity contribution in [1.29, 1.82) is 5.26 Å². The number of nitriles is 1. The summed E-state index contributed by atoms with van der Waals surface area (Å²) < 4.78 is 33.1. The summed E-state index contributed by atoms with van der Waals surface area (Å²) in [6.45, 7) is 4.59. The molecule has 12 heteroatoms. The van der Waals surface area contributed by atoms with E-state index >= 15 is 0 Å². The van der Waals surface area contributed by atoms with E-state index in [0.29, 0.717) is 61.2 Å². The summed E-state index contributed by atoms with van der Waals surface area (Å²) >= 11 is 0. The Labute approximate surface area is 222 Å². The molecule has 1 amide bonds. The Bertz CT molecular complexity index is 1390. The molecule has 38 heavy (non-hydrogen) atoms. The van der Waals surface area contributed by atoms with E-state index in [2.05, 4.69) is 22.5 Å². The summed E-state index contributed by atoms with van der Waals surface area (Å²) in [5.41, 5.74) is 8.38. The summed E-state index contributed by atoms with van der Waals surface area (Å²) in [5.74, 6) is 0.597. The molecule has 2 aliphatic rings. The van der Waals surface area contributed by atoms with E-state index in [0.717, 1.165) is 23.8 Å². The number of hydrogen-bond acceptors (Lipinski definition) is 8. The summed E-state index contributed by atoms with van der Waals surface area (Å²) in [6, 6.07) is 3.85. The number of fused-ring (bicyclic) bond motifs is 1. The maximum atomic E-state index is 13.1. The van der Waals surface area contributed by atoms with Crippen LogP contribution in [0.5, 0.6) is 5.75 Å². The van der Waals surface area contributed by atoms with Crippen molar-refractivity contribution >= 4 is 33.2 Å². The number of ether oxygens (including phenoxy) is 1. The minimum atomic E-state index is -3.46. The monoisotopic (exact) mass is 539 g/mol. The SMILES string of the molecule is C=CS(=O)(=O)NC1CCC(C(=O)N2CCC(N=CC(=CN)c3cc(OC)c4c(C#N)cnn4c3)CC2)CC1. The molecule has 1 saturated heterocycles. The number of piperidine rings is 1. The average molecular weight is 540 g/mol. The summed E-state index contributed by atoms with van der Waals surface area (Å²) in [6.07, 6.45) is 10.6. The lowest BCUT2D eigenvalue weighted by atomic mass is 9.85. The van der Waals surface area contributed by atoms with E-state index in [9.17, 15) is 18.5 Å². The molecule has 0 spiro atoms. The number of likely N-dealkylation sites (tertiary alicyclic amines) is 1. The Balaban J connectivity index is 1.32. The van der Waals surface area contributed by atoms with Gasteiger partial charge in [0.05, 0.1) is 19.3 Å². The molecule has 0 atom stereocenters. The molecule has 3 heterocycles. The maximum Gasteiger partial charge on any atom is 0.233 e. The fourth-order valence-electron chi connectivity index (χ4n) is 5.11. The van der Waals surface area contributed by atoms with Gasteiger partial charge in [-0.15, -0.1) is 0 Å². The first-order valence-corrected chi connectivity index (χ1v) is 14.2. The Morgan fingerprint density at radius 2 is 2.00 bits per heavy atom. The molecule has 0 aromatic carbocycles. The van der Waals surface area contributed by atoms with E-state index in [4.69, 9.17) is 15.5 Å². The van der Waals surface area contributed by atoms with E-state index in [1.54, 1.807) is 23.0 Å². The van der Waals surface area contributed by atoms with Gasteiger partial charge in [-0.2, -0.15) is 10.4 Å². The van der Waals surface area contributed by atoms with Gasteiger partial charge in [0.15, 0.2) is 0 Å². The predicted molar refractivity (Wildman–Crippen MR) is 145 cm³/mol. The van der Waals surface area contributed by atoms with Crippen LogP contribution in [-0.4, -0.2) is 67.3 Å². The zero-order valence-electron chi connectivity index (χ0n) is 21.4. The van der Waals surface area contributed by atoms with Crippen LogP contribution in [0.4, 0.5) is 0 Å². The van der Waals surface area contributed by atoms with Crippen molar-refractivity contribution in [2.45, 2.75) is 50.6 Å². The highest BCUT2D eigenvalue weighted by molar-refractivity contribution is 7.92. The Morgan fingerprint density at radius 1 is 1.29 bits per heavy atom. The van der Waals surface area contributed by atoms with Crippen LogP contribution >= 0.6 is 0 Å². The number of carbonyl (C=O) groups is 1. The average Bonchev–Trinajstić information content (AvgIpc) is 3.36. The number of nitrogens with two attached hydrogens (primary N) is 1. The normalized spacial score (nSPS) is 21.5. The van der Waals surface area contributed by atoms with Gasteiger partial charge in [0.2, 0.25) is 15.9 Å². The molecule has 1 aliphatic heterocycles. The number of pyridine rings is 1. The van der Waals surface area contributed by atoms with Crippen LogP contribution in [0.1, 0.15) is 49.7 Å². The highest BCUT2D eigenvalue weighted by Crippen LogP contribution is 2.29. The molecule has 0 radical (unpaired) electrons. The molecular formula is C26H33N7O4S. The lowest BCUT2D eigenvalue weighted by Crippen LogP contribution is -2.45. The van der Waals surface area contributed by atoms with Crippen molar-refractivity contribution in [1.82, 2.24) is 19.2 Å². The Hall–Kier alpha value is -3.69. The molecule has 1 saturated carbocycles. The lowest BCUT2D eigenvalue weighted by Gasteiger charge is -2.35. The zero-order valence-corrected chi connectivity index (χ0v) is 22.2. The van der Waals surface area contributed by atoms with Crippen molar-refractivity contribution in [3.8, 4) is 11.8 Å². The third-order valence-corrected chi connectivity index (χ3v) is 8.36. The second-order valence-electron chi connectivity index (χ2n) is 9.60. The van der Waals surface area contributed by atoms with Crippen LogP contribution in [0.2, 0.25) is 0 Å². The second kappa shape index (κ2) is 11.8. The largest absolute Gasteiger partial charge is 0.494 e. The molecule has 0 bridgehead atoms. The number of allylic oxidation sites excluding steroid dienone is 1. The predicted octanol–water partition coefficient (Wildman–Crippen LogP) is 2.20. The second-order valence-corrected chi connectivity index (χ2v) is 11.3. The van der Waals surface area contributed by atoms with Crippen LogP contribution < -0.4 is 15.2 Å². The van der Waals surface area contributed by atoms with E-state index < -0.39 is 10.0 Å². The molecule has 4 rings (SSSR count). The molecule has 11 nitrogen and oxygen atoms in total. The number of aliphatic imine (C=N–C) groups is 1. The third-order valence-electron chi connectivity index (χ3n) is 7.26. The number of hydrogen-bond donors (Lipinski definition) is 2. The van der Waals surface area contributed by atoms with Gasteiger partial charge in [0, 0.05) is 60.2 Å². The lowest BCUT2D eigenvalue weighted by molar-refractivity contribution is -0.137. The first kappa shape index (κ1) is 27.3. The van der Waals surface area contributed by atoms with Crippen molar-refractivity contribution < 1.29 is 17.9 Å². The quantitative estimate of drug-likeness (QED) is 0.487. The fraction of sp³-hybridized carbons (Fsp3) is 0.462. The molecule has 3 N–H and O–H groups in total. The third kappa shape index (κ3) is 6.06. The molecule has 2 aromatic rings.